The summed E-state index contributed by atoms with van der Waals surface area (Å²) < 4.78 is 5.52. The lowest BCUT2D eigenvalue weighted by molar-refractivity contribution is 0.0630. The smallest absolute Gasteiger partial charge is 0.0940 e. The number of rotatable bonds is 11. The Morgan fingerprint density at radius 3 is 2.19 bits per heavy atom. The van der Waals surface area contributed by atoms with Gasteiger partial charge in [-0.25, -0.2) is 0 Å². The van der Waals surface area contributed by atoms with Gasteiger partial charge in [0, 0.05) is 5.92 Å². The van der Waals surface area contributed by atoms with Gasteiger partial charge in [0.15, 0.2) is 0 Å². The highest BCUT2D eigenvalue weighted by atomic mass is 16.5. The highest BCUT2D eigenvalue weighted by Crippen LogP contribution is 2.41. The Bertz CT molecular complexity index is 277. The minimum atomic E-state index is 0.348. The van der Waals surface area contributed by atoms with E-state index in [9.17, 15) is 0 Å². The van der Waals surface area contributed by atoms with E-state index in [0.717, 1.165) is 24.4 Å². The topological polar surface area (TPSA) is 35.2 Å². The fourth-order valence-corrected chi connectivity index (χ4v) is 4.00. The Hall–Kier alpha value is -0.340. The van der Waals surface area contributed by atoms with Gasteiger partial charge in [-0.1, -0.05) is 71.4 Å². The van der Waals surface area contributed by atoms with Crippen LogP contribution in [0.25, 0.3) is 0 Å². The van der Waals surface area contributed by atoms with Crippen molar-refractivity contribution in [1.82, 2.24) is 0 Å². The quantitative estimate of drug-likeness (QED) is 0.325. The Morgan fingerprint density at radius 2 is 1.57 bits per heavy atom. The zero-order chi connectivity index (χ0) is 15.5. The summed E-state index contributed by atoms with van der Waals surface area (Å²) in [6, 6.07) is 0. The summed E-state index contributed by atoms with van der Waals surface area (Å²) in [7, 11) is 0. The predicted octanol–water partition coefficient (Wildman–Crippen LogP) is 5.13. The van der Waals surface area contributed by atoms with Crippen LogP contribution in [0.1, 0.15) is 72.1 Å². The molecule has 1 rings (SSSR count). The number of allylic oxidation sites excluding steroid dienone is 1. The molecule has 2 N–H and O–H groups in total. The van der Waals surface area contributed by atoms with Crippen LogP contribution < -0.4 is 5.73 Å². The summed E-state index contributed by atoms with van der Waals surface area (Å²) in [4.78, 5) is 0. The van der Waals surface area contributed by atoms with Crippen molar-refractivity contribution in [3.63, 3.8) is 0 Å². The average molecular weight is 296 g/mol. The molecule has 0 aliphatic heterocycles. The predicted molar refractivity (Wildman–Crippen MR) is 92.1 cm³/mol. The maximum absolute atomic E-state index is 5.52. The van der Waals surface area contributed by atoms with Crippen LogP contribution in [-0.2, 0) is 4.74 Å². The molecule has 0 fully saturated rings. The molecule has 0 aromatic heterocycles. The molecule has 0 spiro atoms. The summed E-state index contributed by atoms with van der Waals surface area (Å²) in [5, 5.41) is 0. The van der Waals surface area contributed by atoms with Gasteiger partial charge in [0.2, 0.25) is 0 Å². The first-order valence-electron chi connectivity index (χ1n) is 9.24. The molecule has 4 unspecified atom stereocenters. The SMILES string of the molecule is CCCCCC1C(CCCC)C=CC(COCN)C1CC. The normalized spacial score (nSPS) is 29.0. The van der Waals surface area contributed by atoms with Crippen molar-refractivity contribution in [1.29, 1.82) is 0 Å². The number of ether oxygens (including phenoxy) is 1. The minimum absolute atomic E-state index is 0.348. The summed E-state index contributed by atoms with van der Waals surface area (Å²) in [6.07, 6.45) is 15.7. The van der Waals surface area contributed by atoms with Gasteiger partial charge in [-0.15, -0.1) is 0 Å². The third-order valence-electron chi connectivity index (χ3n) is 5.19. The van der Waals surface area contributed by atoms with E-state index >= 15 is 0 Å². The monoisotopic (exact) mass is 295 g/mol. The zero-order valence-electron chi connectivity index (χ0n) is 14.5. The highest BCUT2D eigenvalue weighted by molar-refractivity contribution is 5.05. The van der Waals surface area contributed by atoms with E-state index in [1.807, 2.05) is 0 Å². The van der Waals surface area contributed by atoms with E-state index < -0.39 is 0 Å². The van der Waals surface area contributed by atoms with Crippen LogP contribution in [0.2, 0.25) is 0 Å². The summed E-state index contributed by atoms with van der Waals surface area (Å²) in [6.45, 7) is 8.10. The summed E-state index contributed by atoms with van der Waals surface area (Å²) in [5.74, 6) is 2.99. The molecule has 4 atom stereocenters. The largest absolute Gasteiger partial charge is 0.366 e. The molecule has 0 radical (unpaired) electrons. The van der Waals surface area contributed by atoms with Crippen molar-refractivity contribution in [2.45, 2.75) is 72.1 Å². The second-order valence-electron chi connectivity index (χ2n) is 6.62. The molecule has 0 saturated heterocycles. The van der Waals surface area contributed by atoms with Crippen molar-refractivity contribution >= 4 is 0 Å². The fourth-order valence-electron chi connectivity index (χ4n) is 4.00. The number of unbranched alkanes of at least 4 members (excludes halogenated alkanes) is 3. The van der Waals surface area contributed by atoms with E-state index in [4.69, 9.17) is 10.5 Å². The molecule has 124 valence electrons. The van der Waals surface area contributed by atoms with Crippen molar-refractivity contribution < 1.29 is 4.74 Å². The Labute approximate surface area is 132 Å². The molecule has 0 amide bonds. The van der Waals surface area contributed by atoms with Crippen LogP contribution >= 0.6 is 0 Å². The fraction of sp³-hybridized carbons (Fsp3) is 0.895. The van der Waals surface area contributed by atoms with Gasteiger partial charge in [-0.2, -0.15) is 0 Å². The van der Waals surface area contributed by atoms with Crippen LogP contribution in [0.4, 0.5) is 0 Å². The maximum Gasteiger partial charge on any atom is 0.0940 e. The third-order valence-corrected chi connectivity index (χ3v) is 5.19. The van der Waals surface area contributed by atoms with E-state index in [1.54, 1.807) is 0 Å². The van der Waals surface area contributed by atoms with Crippen LogP contribution in [0.15, 0.2) is 12.2 Å². The van der Waals surface area contributed by atoms with Gasteiger partial charge in [0.25, 0.3) is 0 Å². The molecule has 0 saturated carbocycles. The zero-order valence-corrected chi connectivity index (χ0v) is 14.5. The standard InChI is InChI=1S/C19H37NO/c1-4-7-9-11-19-16(10-8-5-2)12-13-17(14-21-15-20)18(19)6-3/h12-13,16-19H,4-11,14-15,20H2,1-3H3. The van der Waals surface area contributed by atoms with Crippen molar-refractivity contribution in [2.75, 3.05) is 13.3 Å². The number of hydrogen-bond acceptors (Lipinski definition) is 2. The molecule has 0 aromatic rings. The summed E-state index contributed by atoms with van der Waals surface area (Å²) in [5.41, 5.74) is 5.51. The lowest BCUT2D eigenvalue weighted by Gasteiger charge is -2.40. The Kier molecular flexibility index (Phi) is 10.0. The molecule has 21 heavy (non-hydrogen) atoms. The number of nitrogens with two attached hydrogens (primary N) is 1. The first kappa shape index (κ1) is 18.7. The van der Waals surface area contributed by atoms with Crippen LogP contribution in [0.3, 0.4) is 0 Å². The lowest BCUT2D eigenvalue weighted by atomic mass is 9.66. The molecular weight excluding hydrogens is 258 g/mol. The molecule has 0 heterocycles. The third kappa shape index (κ3) is 6.12. The maximum atomic E-state index is 5.52. The first-order chi connectivity index (χ1) is 10.3. The molecule has 0 bridgehead atoms. The van der Waals surface area contributed by atoms with Crippen molar-refractivity contribution in [2.24, 2.45) is 29.4 Å². The molecule has 1 aliphatic rings. The molecule has 2 nitrogen and oxygen atoms in total. The minimum Gasteiger partial charge on any atom is -0.366 e. The van der Waals surface area contributed by atoms with Gasteiger partial charge >= 0.3 is 0 Å². The van der Waals surface area contributed by atoms with Crippen LogP contribution in [0, 0.1) is 23.7 Å². The van der Waals surface area contributed by atoms with Crippen LogP contribution in [-0.4, -0.2) is 13.3 Å². The van der Waals surface area contributed by atoms with E-state index in [0.29, 0.717) is 12.6 Å². The van der Waals surface area contributed by atoms with Crippen LogP contribution in [0.5, 0.6) is 0 Å². The van der Waals surface area contributed by atoms with E-state index in [1.165, 1.54) is 51.4 Å². The van der Waals surface area contributed by atoms with Gasteiger partial charge in [0.05, 0.1) is 13.3 Å². The highest BCUT2D eigenvalue weighted by Gasteiger charge is 2.34. The number of hydrogen-bond donors (Lipinski definition) is 1. The van der Waals surface area contributed by atoms with Gasteiger partial charge < -0.3 is 10.5 Å². The lowest BCUT2D eigenvalue weighted by Crippen LogP contribution is -2.34. The van der Waals surface area contributed by atoms with Gasteiger partial charge in [0.1, 0.15) is 0 Å². The second kappa shape index (κ2) is 11.3. The average Bonchev–Trinajstić information content (AvgIpc) is 2.51. The van der Waals surface area contributed by atoms with Gasteiger partial charge in [-0.3, -0.25) is 0 Å². The van der Waals surface area contributed by atoms with Crippen molar-refractivity contribution in [3.05, 3.63) is 12.2 Å². The van der Waals surface area contributed by atoms with Gasteiger partial charge in [-0.05, 0) is 30.6 Å². The summed E-state index contributed by atoms with van der Waals surface area (Å²) >= 11 is 0. The first-order valence-corrected chi connectivity index (χ1v) is 9.24. The van der Waals surface area contributed by atoms with E-state index in [-0.39, 0.29) is 0 Å². The Morgan fingerprint density at radius 1 is 0.857 bits per heavy atom. The molecule has 2 heteroatoms. The van der Waals surface area contributed by atoms with E-state index in [2.05, 4.69) is 32.9 Å². The molecule has 0 aromatic carbocycles. The second-order valence-corrected chi connectivity index (χ2v) is 6.62. The molecule has 1 aliphatic carbocycles. The Balaban J connectivity index is 2.71. The molecular formula is C19H37NO. The van der Waals surface area contributed by atoms with Crippen molar-refractivity contribution in [3.8, 4) is 0 Å².